The van der Waals surface area contributed by atoms with Crippen molar-refractivity contribution < 1.29 is 14.6 Å². The first-order valence-electron chi connectivity index (χ1n) is 4.88. The number of fused-ring (bicyclic) bond motifs is 1. The minimum atomic E-state index is -0.736. The average Bonchev–Trinajstić information content (AvgIpc) is 2.32. The maximum Gasteiger partial charge on any atom is 0.337 e. The maximum atomic E-state index is 11.8. The molecule has 0 aliphatic carbocycles. The maximum absolute atomic E-state index is 11.8. The third-order valence-electron chi connectivity index (χ3n) is 2.63. The zero-order chi connectivity index (χ0) is 13.4. The first-order valence-corrected chi connectivity index (χ1v) is 4.88. The highest BCUT2D eigenvalue weighted by Crippen LogP contribution is 2.27. The van der Waals surface area contributed by atoms with Gasteiger partial charge in [0.25, 0.3) is 11.4 Å². The fourth-order valence-corrected chi connectivity index (χ4v) is 1.74. The Morgan fingerprint density at radius 3 is 2.28 bits per heavy atom. The molecule has 0 bridgehead atoms. The summed E-state index contributed by atoms with van der Waals surface area (Å²) in [6.07, 6.45) is 0. The van der Waals surface area contributed by atoms with Crippen LogP contribution in [0.5, 0.6) is 0 Å². The molecule has 0 spiro atoms. The fraction of sp³-hybridized carbons (Fsp3) is 0.100. The lowest BCUT2D eigenvalue weighted by Crippen LogP contribution is -2.31. The summed E-state index contributed by atoms with van der Waals surface area (Å²) in [4.78, 5) is 20.2. The molecule has 2 aromatic rings. The molecule has 92 valence electrons. The summed E-state index contributed by atoms with van der Waals surface area (Å²) in [5.41, 5.74) is -0.840. The van der Waals surface area contributed by atoms with Crippen molar-refractivity contribution in [3.8, 4) is 0 Å². The van der Waals surface area contributed by atoms with Crippen LogP contribution in [0.2, 0.25) is 0 Å². The van der Waals surface area contributed by atoms with Crippen LogP contribution in [0.4, 0.5) is 11.4 Å². The quantitative estimate of drug-likeness (QED) is 0.347. The van der Waals surface area contributed by atoms with Gasteiger partial charge in [0.2, 0.25) is 5.52 Å². The number of pyridine rings is 1. The van der Waals surface area contributed by atoms with E-state index in [1.165, 1.54) is 25.1 Å². The summed E-state index contributed by atoms with van der Waals surface area (Å²) >= 11 is 0. The van der Waals surface area contributed by atoms with E-state index in [1.807, 2.05) is 0 Å². The molecule has 8 heteroatoms. The smallest absolute Gasteiger partial charge is 0.337 e. The zero-order valence-corrected chi connectivity index (χ0v) is 9.19. The molecule has 0 aliphatic rings. The van der Waals surface area contributed by atoms with Gasteiger partial charge in [0, 0.05) is 25.1 Å². The lowest BCUT2D eigenvalue weighted by molar-refractivity contribution is -0.589. The van der Waals surface area contributed by atoms with E-state index in [-0.39, 0.29) is 22.3 Å². The molecule has 1 aromatic heterocycles. The van der Waals surface area contributed by atoms with Gasteiger partial charge in [-0.1, -0.05) is 0 Å². The van der Waals surface area contributed by atoms with Crippen molar-refractivity contribution in [2.45, 2.75) is 6.92 Å². The number of nitrogens with zero attached hydrogens (tertiary/aromatic N) is 3. The third-order valence-corrected chi connectivity index (χ3v) is 2.63. The summed E-state index contributed by atoms with van der Waals surface area (Å²) < 4.78 is 0.334. The van der Waals surface area contributed by atoms with Crippen molar-refractivity contribution in [3.63, 3.8) is 0 Å². The number of benzene rings is 1. The number of hydrogen-bond donors (Lipinski definition) is 0. The minimum Gasteiger partial charge on any atom is -0.618 e. The topological polar surface area (TPSA) is 113 Å². The predicted molar refractivity (Wildman–Crippen MR) is 61.0 cm³/mol. The molecule has 0 fully saturated rings. The Balaban J connectivity index is 2.96. The van der Waals surface area contributed by atoms with Crippen LogP contribution >= 0.6 is 0 Å². The van der Waals surface area contributed by atoms with E-state index in [2.05, 4.69) is 0 Å². The molecule has 1 heterocycles. The van der Waals surface area contributed by atoms with Gasteiger partial charge >= 0.3 is 5.69 Å². The molecule has 18 heavy (non-hydrogen) atoms. The molecule has 0 atom stereocenters. The number of non-ortho nitro benzene ring substituents is 1. The second kappa shape index (κ2) is 3.91. The molecule has 0 N–H and O–H groups in total. The number of nitro benzene ring substituents is 1. The highest BCUT2D eigenvalue weighted by Gasteiger charge is 2.26. The third kappa shape index (κ3) is 1.59. The Hall–Kier alpha value is -2.77. The van der Waals surface area contributed by atoms with Crippen LogP contribution in [-0.2, 0) is 0 Å². The lowest BCUT2D eigenvalue weighted by atomic mass is 10.1. The van der Waals surface area contributed by atoms with Gasteiger partial charge in [-0.2, -0.15) is 4.73 Å². The Kier molecular flexibility index (Phi) is 2.55. The monoisotopic (exact) mass is 249 g/mol. The van der Waals surface area contributed by atoms with Gasteiger partial charge in [-0.05, 0) is 6.07 Å². The summed E-state index contributed by atoms with van der Waals surface area (Å²) in [6.45, 7) is 1.30. The van der Waals surface area contributed by atoms with Crippen LogP contribution in [-0.4, -0.2) is 9.85 Å². The van der Waals surface area contributed by atoms with Crippen molar-refractivity contribution in [2.75, 3.05) is 0 Å². The van der Waals surface area contributed by atoms with E-state index in [1.54, 1.807) is 0 Å². The first kappa shape index (κ1) is 11.7. The van der Waals surface area contributed by atoms with Crippen molar-refractivity contribution >= 4 is 22.3 Å². The van der Waals surface area contributed by atoms with Crippen molar-refractivity contribution in [1.29, 1.82) is 0 Å². The molecule has 2 rings (SSSR count). The van der Waals surface area contributed by atoms with Gasteiger partial charge in [0.05, 0.1) is 9.85 Å². The van der Waals surface area contributed by atoms with Gasteiger partial charge in [0.1, 0.15) is 5.39 Å². The second-order valence-corrected chi connectivity index (χ2v) is 3.63. The van der Waals surface area contributed by atoms with Crippen LogP contribution in [0, 0.1) is 32.4 Å². The molecule has 1 aromatic carbocycles. The van der Waals surface area contributed by atoms with E-state index < -0.39 is 15.5 Å². The molecule has 0 aliphatic heterocycles. The summed E-state index contributed by atoms with van der Waals surface area (Å²) in [5.74, 6) is 0. The van der Waals surface area contributed by atoms with Crippen LogP contribution < -0.4 is 4.73 Å². The molecule has 8 nitrogen and oxygen atoms in total. The van der Waals surface area contributed by atoms with Crippen LogP contribution in [0.25, 0.3) is 10.9 Å². The lowest BCUT2D eigenvalue weighted by Gasteiger charge is -2.05. The average molecular weight is 249 g/mol. The molecule has 0 saturated heterocycles. The van der Waals surface area contributed by atoms with Gasteiger partial charge in [-0.15, -0.1) is 0 Å². The van der Waals surface area contributed by atoms with Crippen molar-refractivity contribution in [3.05, 3.63) is 55.4 Å². The van der Waals surface area contributed by atoms with Crippen molar-refractivity contribution in [2.24, 2.45) is 0 Å². The van der Waals surface area contributed by atoms with Crippen LogP contribution in [0.15, 0.2) is 24.3 Å². The van der Waals surface area contributed by atoms with Gasteiger partial charge < -0.3 is 5.21 Å². The highest BCUT2D eigenvalue weighted by atomic mass is 16.6. The standard InChI is InChI=1S/C10H7N3O5/c1-6-10(13(17)18)5-7-8(11(6)14)3-2-4-9(7)12(15)16/h2-5H,1H3. The first-order chi connectivity index (χ1) is 8.43. The van der Waals surface area contributed by atoms with E-state index >= 15 is 0 Å². The van der Waals surface area contributed by atoms with Crippen LogP contribution in [0.1, 0.15) is 5.69 Å². The van der Waals surface area contributed by atoms with Gasteiger partial charge in [-0.25, -0.2) is 0 Å². The number of aromatic nitrogens is 1. The molecular weight excluding hydrogens is 242 g/mol. The van der Waals surface area contributed by atoms with Gasteiger partial charge in [-0.3, -0.25) is 20.2 Å². The van der Waals surface area contributed by atoms with E-state index in [0.717, 1.165) is 6.07 Å². The Labute approximate surface area is 100.0 Å². The number of nitro groups is 2. The number of hydrogen-bond acceptors (Lipinski definition) is 5. The summed E-state index contributed by atoms with van der Waals surface area (Å²) in [6, 6.07) is 4.99. The number of rotatable bonds is 2. The molecule has 0 unspecified atom stereocenters. The second-order valence-electron chi connectivity index (χ2n) is 3.63. The largest absolute Gasteiger partial charge is 0.618 e. The molecule has 0 amide bonds. The Morgan fingerprint density at radius 2 is 1.72 bits per heavy atom. The summed E-state index contributed by atoms with van der Waals surface area (Å²) in [7, 11) is 0. The van der Waals surface area contributed by atoms with Crippen molar-refractivity contribution in [1.82, 2.24) is 0 Å². The fourth-order valence-electron chi connectivity index (χ4n) is 1.74. The summed E-state index contributed by atoms with van der Waals surface area (Å²) in [5, 5.41) is 33.4. The molecular formula is C10H7N3O5. The van der Waals surface area contributed by atoms with E-state index in [0.29, 0.717) is 4.73 Å². The predicted octanol–water partition coefficient (Wildman–Crippen LogP) is 1.60. The highest BCUT2D eigenvalue weighted by molar-refractivity contribution is 5.87. The molecule has 0 radical (unpaired) electrons. The van der Waals surface area contributed by atoms with Crippen LogP contribution in [0.3, 0.4) is 0 Å². The Morgan fingerprint density at radius 1 is 1.11 bits per heavy atom. The van der Waals surface area contributed by atoms with E-state index in [4.69, 9.17) is 0 Å². The molecule has 0 saturated carbocycles. The SMILES string of the molecule is Cc1c([N+](=O)[O-])cc2c([N+](=O)[O-])cccc2[n+]1[O-]. The minimum absolute atomic E-state index is 0.0345. The zero-order valence-electron chi connectivity index (χ0n) is 9.19. The van der Waals surface area contributed by atoms with Gasteiger partial charge in [0.15, 0.2) is 0 Å². The normalized spacial score (nSPS) is 10.5. The Bertz CT molecular complexity index is 683. The van der Waals surface area contributed by atoms with E-state index in [9.17, 15) is 25.4 Å².